The Bertz CT molecular complexity index is 4420. The summed E-state index contributed by atoms with van der Waals surface area (Å²) in [7, 11) is 0. The maximum absolute atomic E-state index is 6.55. The number of nitrogens with one attached hydrogen (secondary N) is 1. The maximum Gasteiger partial charge on any atom is 0.0464 e. The van der Waals surface area contributed by atoms with E-state index >= 15 is 0 Å². The monoisotopic (exact) mass is 814 g/mol. The fourth-order valence-corrected chi connectivity index (χ4v) is 10.9. The predicted octanol–water partition coefficient (Wildman–Crippen LogP) is 16.0. The Labute approximate surface area is 366 Å². The quantitative estimate of drug-likeness (QED) is 0.0795. The lowest BCUT2D eigenvalue weighted by Gasteiger charge is -2.18. The molecule has 0 aliphatic heterocycles. The van der Waals surface area contributed by atoms with Crippen LogP contribution in [0.15, 0.2) is 188 Å². The molecule has 4 nitrogen and oxygen atoms in total. The molecule has 0 bridgehead atoms. The topological polar surface area (TPSA) is 90.1 Å². The third-order valence-electron chi connectivity index (χ3n) is 13.9. The summed E-state index contributed by atoms with van der Waals surface area (Å²) in [6.07, 6.45) is 0. The van der Waals surface area contributed by atoms with Crippen molar-refractivity contribution in [3.8, 4) is 0 Å². The van der Waals surface area contributed by atoms with E-state index in [0.29, 0.717) is 0 Å². The highest BCUT2D eigenvalue weighted by Crippen LogP contribution is 2.46. The first-order chi connectivity index (χ1) is 31.4. The number of anilines is 5. The first-order valence-electron chi connectivity index (χ1n) is 21.8. The van der Waals surface area contributed by atoms with E-state index < -0.39 is 0 Å². The minimum atomic E-state index is 0.719. The van der Waals surface area contributed by atoms with E-state index in [-0.39, 0.29) is 0 Å². The largest absolute Gasteiger partial charge is 0.399 e. The third-order valence-corrected chi connectivity index (χ3v) is 13.9. The van der Waals surface area contributed by atoms with Gasteiger partial charge in [0.1, 0.15) is 0 Å². The van der Waals surface area contributed by atoms with Gasteiger partial charge in [0.15, 0.2) is 0 Å². The zero-order valence-electron chi connectivity index (χ0n) is 34.6. The second kappa shape index (κ2) is 12.7. The molecule has 0 unspecified atom stereocenters. The molecule has 0 aliphatic carbocycles. The van der Waals surface area contributed by atoms with Crippen molar-refractivity contribution in [3.63, 3.8) is 0 Å². The van der Waals surface area contributed by atoms with E-state index in [1.807, 2.05) is 18.2 Å². The lowest BCUT2D eigenvalue weighted by Crippen LogP contribution is -1.95. The van der Waals surface area contributed by atoms with Crippen molar-refractivity contribution in [1.29, 1.82) is 0 Å². The number of rotatable bonds is 2. The fraction of sp³-hybridized carbons (Fsp3) is 0. The molecule has 4 heteroatoms. The van der Waals surface area contributed by atoms with Crippen molar-refractivity contribution in [1.82, 2.24) is 0 Å². The summed E-state index contributed by atoms with van der Waals surface area (Å²) in [6, 6.07) is 68.6. The summed E-state index contributed by atoms with van der Waals surface area (Å²) in [5.41, 5.74) is 23.8. The highest BCUT2D eigenvalue weighted by atomic mass is 14.9. The second-order valence-corrected chi connectivity index (χ2v) is 17.7. The number of nitrogen functional groups attached to an aromatic ring is 3. The first kappa shape index (κ1) is 35.0. The Balaban J connectivity index is 0.954. The van der Waals surface area contributed by atoms with Gasteiger partial charge in [0, 0.05) is 33.8 Å². The van der Waals surface area contributed by atoms with E-state index in [1.165, 1.54) is 70.0 Å². The van der Waals surface area contributed by atoms with Crippen LogP contribution in [0, 0.1) is 0 Å². The zero-order valence-corrected chi connectivity index (χ0v) is 34.6. The molecule has 0 aromatic heterocycles. The molecule has 0 amide bonds. The molecule has 14 aromatic carbocycles. The van der Waals surface area contributed by atoms with Gasteiger partial charge in [-0.25, -0.2) is 0 Å². The van der Waals surface area contributed by atoms with Gasteiger partial charge in [0.05, 0.1) is 0 Å². The fourth-order valence-electron chi connectivity index (χ4n) is 10.9. The second-order valence-electron chi connectivity index (χ2n) is 17.7. The summed E-state index contributed by atoms with van der Waals surface area (Å²) in [5, 5.41) is 32.5. The highest BCUT2D eigenvalue weighted by molar-refractivity contribution is 6.40. The average Bonchev–Trinajstić information content (AvgIpc) is 3.30. The van der Waals surface area contributed by atoms with Crippen LogP contribution in [0.3, 0.4) is 0 Å². The molecule has 64 heavy (non-hydrogen) atoms. The molecule has 0 fully saturated rings. The number of hydrogen-bond acceptors (Lipinski definition) is 4. The summed E-state index contributed by atoms with van der Waals surface area (Å²) in [4.78, 5) is 0. The number of hydrogen-bond donors (Lipinski definition) is 4. The SMILES string of the molecule is Nc1ccc2c3ccc(N)cc3c3c4cc(Nc5cccc6cc7cc8ccc9cc%10cc%11cc%12ccccc%12cc%11cc%10cc9c8cc7cc56)ccc4c4ccc(N)cc4c3c2c1. The van der Waals surface area contributed by atoms with Crippen molar-refractivity contribution in [2.75, 3.05) is 22.5 Å². The van der Waals surface area contributed by atoms with Crippen molar-refractivity contribution < 1.29 is 0 Å². The van der Waals surface area contributed by atoms with Crippen LogP contribution in [0.4, 0.5) is 28.4 Å². The van der Waals surface area contributed by atoms with Gasteiger partial charge in [-0.2, -0.15) is 0 Å². The maximum atomic E-state index is 6.55. The minimum Gasteiger partial charge on any atom is -0.399 e. The standard InChI is InChI=1S/C60H38N4/c61-43-10-14-47-48-15-11-45(63)30-56(48)60-57-31-46(13-17-50(57)49-16-12-44(62)29-55(49)59(60)54(47)28-43)64-58-7-3-6-34-20-39-21-35-8-9-36-22-40-23-37-18-32-4-1-2-5-33(32)19-38(37)24-41(40)25-51(36)52(35)26-42(39)27-53(34)58/h1-31,64H,61-63H2. The normalized spacial score (nSPS) is 12.2. The summed E-state index contributed by atoms with van der Waals surface area (Å²) >= 11 is 0. The lowest BCUT2D eigenvalue weighted by molar-refractivity contribution is 1.61. The zero-order chi connectivity index (χ0) is 42.4. The van der Waals surface area contributed by atoms with E-state index in [2.05, 4.69) is 175 Å². The van der Waals surface area contributed by atoms with E-state index in [4.69, 9.17) is 17.2 Å². The van der Waals surface area contributed by atoms with Crippen LogP contribution in [0.1, 0.15) is 0 Å². The van der Waals surface area contributed by atoms with Crippen LogP contribution < -0.4 is 22.5 Å². The minimum absolute atomic E-state index is 0.719. The molecular weight excluding hydrogens is 777 g/mol. The Morgan fingerprint density at radius 2 is 0.609 bits per heavy atom. The lowest BCUT2D eigenvalue weighted by atomic mass is 9.86. The summed E-state index contributed by atoms with van der Waals surface area (Å²) < 4.78 is 0. The van der Waals surface area contributed by atoms with Crippen molar-refractivity contribution in [2.45, 2.75) is 0 Å². The van der Waals surface area contributed by atoms with Gasteiger partial charge in [-0.15, -0.1) is 0 Å². The average molecular weight is 815 g/mol. The van der Waals surface area contributed by atoms with Gasteiger partial charge in [-0.05, 0) is 239 Å². The third kappa shape index (κ3) is 5.11. The molecule has 0 spiro atoms. The molecule has 0 aliphatic rings. The Morgan fingerprint density at radius 1 is 0.234 bits per heavy atom. The van der Waals surface area contributed by atoms with Gasteiger partial charge in [0.25, 0.3) is 0 Å². The van der Waals surface area contributed by atoms with Crippen molar-refractivity contribution >= 4 is 158 Å². The van der Waals surface area contributed by atoms with Gasteiger partial charge < -0.3 is 22.5 Å². The first-order valence-corrected chi connectivity index (χ1v) is 21.8. The summed E-state index contributed by atoms with van der Waals surface area (Å²) in [5.74, 6) is 0. The van der Waals surface area contributed by atoms with Gasteiger partial charge >= 0.3 is 0 Å². The molecular formula is C60H38N4. The molecule has 0 radical (unpaired) electrons. The summed E-state index contributed by atoms with van der Waals surface area (Å²) in [6.45, 7) is 0. The van der Waals surface area contributed by atoms with Crippen LogP contribution in [0.2, 0.25) is 0 Å². The molecule has 14 rings (SSSR count). The molecule has 7 N–H and O–H groups in total. The Hall–Kier alpha value is -8.60. The van der Waals surface area contributed by atoms with Gasteiger partial charge in [-0.1, -0.05) is 72.8 Å². The van der Waals surface area contributed by atoms with Gasteiger partial charge in [0.2, 0.25) is 0 Å². The molecule has 0 saturated carbocycles. The molecule has 298 valence electrons. The Morgan fingerprint density at radius 3 is 1.12 bits per heavy atom. The highest BCUT2D eigenvalue weighted by Gasteiger charge is 2.18. The molecule has 0 saturated heterocycles. The molecule has 0 atom stereocenters. The number of benzene rings is 14. The number of fused-ring (bicyclic) bond motifs is 19. The predicted molar refractivity (Wildman–Crippen MR) is 279 cm³/mol. The molecule has 0 heterocycles. The Kier molecular flexibility index (Phi) is 6.97. The smallest absolute Gasteiger partial charge is 0.0464 e. The van der Waals surface area contributed by atoms with Crippen molar-refractivity contribution in [2.24, 2.45) is 0 Å². The van der Waals surface area contributed by atoms with E-state index in [9.17, 15) is 0 Å². The van der Waals surface area contributed by atoms with E-state index in [0.717, 1.165) is 87.7 Å². The van der Waals surface area contributed by atoms with Gasteiger partial charge in [-0.3, -0.25) is 0 Å². The van der Waals surface area contributed by atoms with Crippen LogP contribution in [-0.4, -0.2) is 0 Å². The van der Waals surface area contributed by atoms with Crippen LogP contribution in [0.5, 0.6) is 0 Å². The number of nitrogens with two attached hydrogens (primary N) is 3. The van der Waals surface area contributed by atoms with Crippen LogP contribution >= 0.6 is 0 Å². The van der Waals surface area contributed by atoms with Crippen LogP contribution in [0.25, 0.3) is 129 Å². The van der Waals surface area contributed by atoms with Crippen LogP contribution in [-0.2, 0) is 0 Å². The van der Waals surface area contributed by atoms with E-state index in [1.54, 1.807) is 0 Å². The molecule has 14 aromatic rings. The van der Waals surface area contributed by atoms with Crippen molar-refractivity contribution in [3.05, 3.63) is 188 Å².